The third-order valence-corrected chi connectivity index (χ3v) is 8.82. The molecule has 0 unspecified atom stereocenters. The van der Waals surface area contributed by atoms with E-state index in [0.717, 1.165) is 6.07 Å². The highest BCUT2D eigenvalue weighted by Crippen LogP contribution is 2.35. The molecule has 0 aromatic heterocycles. The van der Waals surface area contributed by atoms with Crippen molar-refractivity contribution >= 4 is 20.0 Å². The summed E-state index contributed by atoms with van der Waals surface area (Å²) in [5.74, 6) is 0.584. The summed E-state index contributed by atoms with van der Waals surface area (Å²) in [7, 11) is -1.83. The number of amides is 1. The fourth-order valence-electron chi connectivity index (χ4n) is 1.63. The molecule has 1 atom stereocenters. The van der Waals surface area contributed by atoms with Gasteiger partial charge in [-0.1, -0.05) is 39.9 Å². The van der Waals surface area contributed by atoms with Gasteiger partial charge < -0.3 is 10.4 Å². The Morgan fingerprint density at radius 1 is 1.33 bits per heavy atom. The molecule has 2 N–H and O–H groups in total. The van der Waals surface area contributed by atoms with Crippen LogP contribution in [0.5, 0.6) is 0 Å². The SMILES string of the molecule is CC(C)(C)[Si](C)(C)C#CC[C@@H](NC(=O)c1cccc(F)c1)C(=O)O. The summed E-state index contributed by atoms with van der Waals surface area (Å²) in [5.41, 5.74) is 3.30. The number of carboxylic acids is 1. The molecule has 0 aliphatic carbocycles. The minimum absolute atomic E-state index is 0.0168. The van der Waals surface area contributed by atoms with E-state index in [0.29, 0.717) is 0 Å². The quantitative estimate of drug-likeness (QED) is 0.646. The van der Waals surface area contributed by atoms with E-state index in [1.54, 1.807) is 0 Å². The third-order valence-electron chi connectivity index (χ3n) is 4.27. The van der Waals surface area contributed by atoms with Crippen LogP contribution < -0.4 is 5.32 Å². The predicted molar refractivity (Wildman–Crippen MR) is 94.9 cm³/mol. The van der Waals surface area contributed by atoms with E-state index in [-0.39, 0.29) is 17.0 Å². The van der Waals surface area contributed by atoms with Gasteiger partial charge in [0.05, 0.1) is 0 Å². The summed E-state index contributed by atoms with van der Waals surface area (Å²) in [5, 5.41) is 11.7. The van der Waals surface area contributed by atoms with Crippen LogP contribution in [0.2, 0.25) is 18.1 Å². The van der Waals surface area contributed by atoms with Crippen LogP contribution in [0, 0.1) is 17.3 Å². The van der Waals surface area contributed by atoms with Gasteiger partial charge in [0.2, 0.25) is 0 Å². The Labute approximate surface area is 143 Å². The average Bonchev–Trinajstić information content (AvgIpc) is 2.44. The molecule has 0 saturated carbocycles. The van der Waals surface area contributed by atoms with Crippen molar-refractivity contribution < 1.29 is 19.1 Å². The zero-order chi connectivity index (χ0) is 18.5. The molecule has 1 aromatic carbocycles. The van der Waals surface area contributed by atoms with Gasteiger partial charge in [-0.05, 0) is 23.2 Å². The monoisotopic (exact) mass is 349 g/mol. The fraction of sp³-hybridized carbons (Fsp3) is 0.444. The number of carbonyl (C=O) groups excluding carboxylic acids is 1. The zero-order valence-electron chi connectivity index (χ0n) is 14.7. The lowest BCUT2D eigenvalue weighted by molar-refractivity contribution is -0.139. The number of nitrogens with one attached hydrogen (secondary N) is 1. The van der Waals surface area contributed by atoms with Crippen molar-refractivity contribution in [2.24, 2.45) is 0 Å². The molecule has 1 rings (SSSR count). The molecule has 4 nitrogen and oxygen atoms in total. The maximum atomic E-state index is 13.2. The first-order valence-corrected chi connectivity index (χ1v) is 10.7. The Kier molecular flexibility index (Phi) is 6.33. The van der Waals surface area contributed by atoms with Crippen LogP contribution in [-0.2, 0) is 4.79 Å². The number of halogens is 1. The second kappa shape index (κ2) is 7.62. The number of rotatable bonds is 4. The summed E-state index contributed by atoms with van der Waals surface area (Å²) in [4.78, 5) is 23.4. The van der Waals surface area contributed by atoms with Crippen LogP contribution in [0.15, 0.2) is 24.3 Å². The standard InChI is InChI=1S/C18H24FNO3Si/c1-18(2,3)24(4,5)11-7-10-15(17(22)23)20-16(21)13-8-6-9-14(19)12-13/h6,8-9,12,15H,10H2,1-5H3,(H,20,21)(H,22,23)/t15-/m1/s1. The second-order valence-corrected chi connectivity index (χ2v) is 12.3. The van der Waals surface area contributed by atoms with Crippen molar-refractivity contribution in [1.82, 2.24) is 5.32 Å². The van der Waals surface area contributed by atoms with Crippen molar-refractivity contribution in [1.29, 1.82) is 0 Å². The second-order valence-electron chi connectivity index (χ2n) is 7.26. The minimum Gasteiger partial charge on any atom is -0.480 e. The summed E-state index contributed by atoms with van der Waals surface area (Å²) in [6.07, 6.45) is 0.0168. The molecular weight excluding hydrogens is 325 g/mol. The van der Waals surface area contributed by atoms with E-state index in [1.165, 1.54) is 18.2 Å². The Bertz CT molecular complexity index is 683. The smallest absolute Gasteiger partial charge is 0.327 e. The Morgan fingerprint density at radius 3 is 2.46 bits per heavy atom. The lowest BCUT2D eigenvalue weighted by atomic mass is 10.1. The Hall–Kier alpha value is -2.13. The largest absolute Gasteiger partial charge is 0.480 e. The van der Waals surface area contributed by atoms with Crippen LogP contribution in [0.4, 0.5) is 4.39 Å². The third kappa shape index (κ3) is 5.50. The molecule has 1 aromatic rings. The van der Waals surface area contributed by atoms with Gasteiger partial charge >= 0.3 is 5.97 Å². The van der Waals surface area contributed by atoms with Crippen molar-refractivity contribution in [2.75, 3.05) is 0 Å². The van der Waals surface area contributed by atoms with Crippen LogP contribution >= 0.6 is 0 Å². The van der Waals surface area contributed by atoms with Gasteiger partial charge in [-0.25, -0.2) is 9.18 Å². The number of aliphatic carboxylic acids is 1. The predicted octanol–water partition coefficient (Wildman–Crippen LogP) is 3.45. The average molecular weight is 349 g/mol. The van der Waals surface area contributed by atoms with Crippen molar-refractivity contribution in [3.8, 4) is 11.5 Å². The first-order valence-electron chi connectivity index (χ1n) is 7.73. The number of carbonyl (C=O) groups is 2. The highest BCUT2D eigenvalue weighted by Gasteiger charge is 2.33. The van der Waals surface area contributed by atoms with Gasteiger partial charge in [0.15, 0.2) is 0 Å². The van der Waals surface area contributed by atoms with Crippen molar-refractivity contribution in [2.45, 2.75) is 51.4 Å². The maximum Gasteiger partial charge on any atom is 0.327 e. The Balaban J connectivity index is 2.83. The van der Waals surface area contributed by atoms with E-state index in [9.17, 15) is 19.1 Å². The van der Waals surface area contributed by atoms with Gasteiger partial charge in [-0.15, -0.1) is 11.5 Å². The molecule has 24 heavy (non-hydrogen) atoms. The van der Waals surface area contributed by atoms with Crippen LogP contribution in [0.25, 0.3) is 0 Å². The molecule has 0 saturated heterocycles. The van der Waals surface area contributed by atoms with E-state index in [2.05, 4.69) is 50.6 Å². The van der Waals surface area contributed by atoms with Gasteiger partial charge in [0.1, 0.15) is 19.9 Å². The number of hydrogen-bond acceptors (Lipinski definition) is 2. The van der Waals surface area contributed by atoms with E-state index in [1.807, 2.05) is 0 Å². The Morgan fingerprint density at radius 2 is 1.96 bits per heavy atom. The summed E-state index contributed by atoms with van der Waals surface area (Å²) < 4.78 is 13.2. The van der Waals surface area contributed by atoms with Crippen LogP contribution in [0.1, 0.15) is 37.6 Å². The molecule has 130 valence electrons. The molecule has 0 bridgehead atoms. The maximum absolute atomic E-state index is 13.2. The van der Waals surface area contributed by atoms with Gasteiger partial charge in [0.25, 0.3) is 5.91 Å². The number of hydrogen-bond donors (Lipinski definition) is 2. The topological polar surface area (TPSA) is 66.4 Å². The van der Waals surface area contributed by atoms with Crippen LogP contribution in [0.3, 0.4) is 0 Å². The molecular formula is C18H24FNO3Si. The van der Waals surface area contributed by atoms with Gasteiger partial charge in [0, 0.05) is 12.0 Å². The minimum atomic E-state index is -1.83. The lowest BCUT2D eigenvalue weighted by Crippen LogP contribution is -2.41. The number of benzene rings is 1. The highest BCUT2D eigenvalue weighted by atomic mass is 28.3. The molecule has 0 spiro atoms. The molecule has 0 aliphatic heterocycles. The summed E-state index contributed by atoms with van der Waals surface area (Å²) >= 11 is 0. The molecule has 0 fully saturated rings. The van der Waals surface area contributed by atoms with Gasteiger partial charge in [-0.2, -0.15) is 0 Å². The van der Waals surface area contributed by atoms with E-state index >= 15 is 0 Å². The lowest BCUT2D eigenvalue weighted by Gasteiger charge is -2.31. The molecule has 0 heterocycles. The van der Waals surface area contributed by atoms with Gasteiger partial charge in [-0.3, -0.25) is 4.79 Å². The first kappa shape index (κ1) is 19.9. The molecule has 0 aliphatic rings. The highest BCUT2D eigenvalue weighted by molar-refractivity contribution is 6.87. The zero-order valence-corrected chi connectivity index (χ0v) is 15.7. The molecule has 6 heteroatoms. The molecule has 0 radical (unpaired) electrons. The van der Waals surface area contributed by atoms with Crippen molar-refractivity contribution in [3.63, 3.8) is 0 Å². The van der Waals surface area contributed by atoms with Crippen LogP contribution in [-0.4, -0.2) is 31.1 Å². The molecule has 1 amide bonds. The van der Waals surface area contributed by atoms with Crippen molar-refractivity contribution in [3.05, 3.63) is 35.6 Å². The summed E-state index contributed by atoms with van der Waals surface area (Å²) in [6, 6.07) is 3.99. The summed E-state index contributed by atoms with van der Waals surface area (Å²) in [6.45, 7) is 10.6. The number of carboxylic acid groups (broad SMARTS) is 1. The van der Waals surface area contributed by atoms with E-state index < -0.39 is 31.8 Å². The first-order chi connectivity index (χ1) is 10.9. The van der Waals surface area contributed by atoms with E-state index in [4.69, 9.17) is 0 Å². The fourth-order valence-corrected chi connectivity index (χ4v) is 2.55. The normalized spacial score (nSPS) is 12.8.